The van der Waals surface area contributed by atoms with Gasteiger partial charge in [0, 0.05) is 32.0 Å². The molecule has 2 aromatic rings. The number of piperidine rings is 1. The molecule has 1 aliphatic rings. The molecule has 1 fully saturated rings. The monoisotopic (exact) mass is 337 g/mol. The average Bonchev–Trinajstić information content (AvgIpc) is 2.68. The van der Waals surface area contributed by atoms with Crippen LogP contribution in [0.4, 0.5) is 11.4 Å². The lowest BCUT2D eigenvalue weighted by Crippen LogP contribution is -2.37. The molecule has 0 unspecified atom stereocenters. The third-order valence-corrected chi connectivity index (χ3v) is 4.15. The summed E-state index contributed by atoms with van der Waals surface area (Å²) in [6.45, 7) is 2.63. The summed E-state index contributed by atoms with van der Waals surface area (Å²) >= 11 is 0. The number of hydrazine groups is 1. The number of hydrogen-bond acceptors (Lipinski definition) is 5. The lowest BCUT2D eigenvalue weighted by Gasteiger charge is -2.29. The van der Waals surface area contributed by atoms with Crippen LogP contribution in [0.15, 0.2) is 53.8 Å². The molecule has 1 aromatic heterocycles. The smallest absolute Gasteiger partial charge is 0.276 e. The number of aliphatic imine (C=N–C) groups is 1. The van der Waals surface area contributed by atoms with E-state index in [0.717, 1.165) is 30.0 Å². The Labute approximate surface area is 148 Å². The van der Waals surface area contributed by atoms with Crippen LogP contribution in [0.25, 0.3) is 0 Å². The molecule has 0 radical (unpaired) electrons. The van der Waals surface area contributed by atoms with Gasteiger partial charge in [0.05, 0.1) is 17.6 Å². The fourth-order valence-electron chi connectivity index (χ4n) is 2.87. The Balaban J connectivity index is 1.55. The van der Waals surface area contributed by atoms with Crippen molar-refractivity contribution in [3.63, 3.8) is 0 Å². The zero-order valence-corrected chi connectivity index (χ0v) is 14.2. The zero-order valence-electron chi connectivity index (χ0n) is 14.2. The van der Waals surface area contributed by atoms with Gasteiger partial charge in [-0.3, -0.25) is 15.2 Å². The molecular formula is C19H23N5O. The second-order valence-corrected chi connectivity index (χ2v) is 5.99. The molecule has 0 atom stereocenters. The van der Waals surface area contributed by atoms with Crippen LogP contribution < -0.4 is 15.8 Å². The number of benzene rings is 1. The topological polar surface area (TPSA) is 69.6 Å². The Morgan fingerprint density at radius 3 is 2.68 bits per heavy atom. The quantitative estimate of drug-likeness (QED) is 0.628. The first-order valence-corrected chi connectivity index (χ1v) is 8.63. The molecule has 130 valence electrons. The molecule has 0 saturated carbocycles. The maximum absolute atomic E-state index is 11.9. The predicted molar refractivity (Wildman–Crippen MR) is 99.9 cm³/mol. The summed E-state index contributed by atoms with van der Waals surface area (Å²) in [5, 5.41) is 0. The molecule has 1 aliphatic heterocycles. The zero-order chi connectivity index (χ0) is 17.3. The number of nitrogens with one attached hydrogen (secondary N) is 2. The van der Waals surface area contributed by atoms with E-state index in [9.17, 15) is 4.79 Å². The standard InChI is InChI=1S/C19H23N5O/c25-19(23-22-14-16-8-10-20-11-9-16)15-21-17-6-2-3-7-18(17)24-12-4-1-5-13-24/h2-3,6-11,15,22H,1,4-5,12-14H2,(H,23,25). The second kappa shape index (κ2) is 8.94. The number of pyridine rings is 1. The van der Waals surface area contributed by atoms with Gasteiger partial charge in [0.2, 0.25) is 0 Å². The summed E-state index contributed by atoms with van der Waals surface area (Å²) in [5.41, 5.74) is 8.48. The lowest BCUT2D eigenvalue weighted by molar-refractivity contribution is -0.115. The minimum Gasteiger partial charge on any atom is -0.370 e. The highest BCUT2D eigenvalue weighted by atomic mass is 16.2. The highest BCUT2D eigenvalue weighted by molar-refractivity contribution is 6.26. The van der Waals surface area contributed by atoms with E-state index in [-0.39, 0.29) is 5.91 Å². The molecule has 1 amide bonds. The van der Waals surface area contributed by atoms with Gasteiger partial charge in [-0.15, -0.1) is 0 Å². The number of amides is 1. The van der Waals surface area contributed by atoms with E-state index in [2.05, 4.69) is 31.8 Å². The van der Waals surface area contributed by atoms with Crippen molar-refractivity contribution >= 4 is 23.5 Å². The normalized spacial score (nSPS) is 14.6. The van der Waals surface area contributed by atoms with E-state index >= 15 is 0 Å². The van der Waals surface area contributed by atoms with Gasteiger partial charge in [0.15, 0.2) is 0 Å². The number of para-hydroxylation sites is 2. The summed E-state index contributed by atoms with van der Waals surface area (Å²) in [6, 6.07) is 11.7. The maximum Gasteiger partial charge on any atom is 0.276 e. The number of carbonyl (C=O) groups is 1. The van der Waals surface area contributed by atoms with Crippen LogP contribution in [0.5, 0.6) is 0 Å². The number of nitrogens with zero attached hydrogens (tertiary/aromatic N) is 3. The first-order chi connectivity index (χ1) is 12.3. The number of hydrogen-bond donors (Lipinski definition) is 2. The molecule has 6 nitrogen and oxygen atoms in total. The number of carbonyl (C=O) groups excluding carboxylic acids is 1. The van der Waals surface area contributed by atoms with E-state index in [1.165, 1.54) is 25.5 Å². The van der Waals surface area contributed by atoms with Gasteiger partial charge in [0.25, 0.3) is 5.91 Å². The summed E-state index contributed by atoms with van der Waals surface area (Å²) in [7, 11) is 0. The van der Waals surface area contributed by atoms with Crippen LogP contribution >= 0.6 is 0 Å². The van der Waals surface area contributed by atoms with E-state index in [0.29, 0.717) is 6.54 Å². The van der Waals surface area contributed by atoms with Crippen molar-refractivity contribution in [2.45, 2.75) is 25.8 Å². The van der Waals surface area contributed by atoms with Crippen LogP contribution in [-0.2, 0) is 11.3 Å². The maximum atomic E-state index is 11.9. The Morgan fingerprint density at radius 1 is 1.12 bits per heavy atom. The Kier molecular flexibility index (Phi) is 6.11. The average molecular weight is 337 g/mol. The van der Waals surface area contributed by atoms with Gasteiger partial charge in [-0.2, -0.15) is 0 Å². The lowest BCUT2D eigenvalue weighted by atomic mass is 10.1. The molecule has 6 heteroatoms. The first-order valence-electron chi connectivity index (χ1n) is 8.63. The number of rotatable bonds is 6. The van der Waals surface area contributed by atoms with Crippen LogP contribution in [0.3, 0.4) is 0 Å². The van der Waals surface area contributed by atoms with E-state index in [1.54, 1.807) is 12.4 Å². The van der Waals surface area contributed by atoms with Gasteiger partial charge in [-0.25, -0.2) is 10.4 Å². The third kappa shape index (κ3) is 5.12. The van der Waals surface area contributed by atoms with E-state index < -0.39 is 0 Å². The molecule has 2 N–H and O–H groups in total. The summed E-state index contributed by atoms with van der Waals surface area (Å²) < 4.78 is 0. The summed E-state index contributed by atoms with van der Waals surface area (Å²) in [4.78, 5) is 22.6. The van der Waals surface area contributed by atoms with E-state index in [1.807, 2.05) is 30.3 Å². The van der Waals surface area contributed by atoms with Crippen LogP contribution in [0.2, 0.25) is 0 Å². The highest BCUT2D eigenvalue weighted by Gasteiger charge is 2.13. The second-order valence-electron chi connectivity index (χ2n) is 5.99. The van der Waals surface area contributed by atoms with Crippen LogP contribution in [0.1, 0.15) is 24.8 Å². The number of anilines is 1. The summed E-state index contributed by atoms with van der Waals surface area (Å²) in [5.74, 6) is -0.275. The van der Waals surface area contributed by atoms with Crippen molar-refractivity contribution < 1.29 is 4.79 Å². The fourth-order valence-corrected chi connectivity index (χ4v) is 2.87. The largest absolute Gasteiger partial charge is 0.370 e. The predicted octanol–water partition coefficient (Wildman–Crippen LogP) is 2.60. The Hall–Kier alpha value is -2.73. The Morgan fingerprint density at radius 2 is 1.88 bits per heavy atom. The molecule has 1 saturated heterocycles. The molecule has 25 heavy (non-hydrogen) atoms. The highest BCUT2D eigenvalue weighted by Crippen LogP contribution is 2.30. The van der Waals surface area contributed by atoms with Crippen LogP contribution in [0, 0.1) is 0 Å². The SMILES string of the molecule is O=C(C=Nc1ccccc1N1CCCCC1)NNCc1ccncc1. The van der Waals surface area contributed by atoms with Crippen molar-refractivity contribution in [2.75, 3.05) is 18.0 Å². The molecule has 0 bridgehead atoms. The van der Waals surface area contributed by atoms with Crippen molar-refractivity contribution in [3.8, 4) is 0 Å². The molecule has 2 heterocycles. The molecule has 0 spiro atoms. The first kappa shape index (κ1) is 17.1. The minimum atomic E-state index is -0.275. The Bertz CT molecular complexity index is 711. The third-order valence-electron chi connectivity index (χ3n) is 4.15. The van der Waals surface area contributed by atoms with Gasteiger partial charge in [-0.05, 0) is 49.1 Å². The molecule has 3 rings (SSSR count). The van der Waals surface area contributed by atoms with Crippen molar-refractivity contribution in [2.24, 2.45) is 4.99 Å². The van der Waals surface area contributed by atoms with E-state index in [4.69, 9.17) is 0 Å². The van der Waals surface area contributed by atoms with Crippen LogP contribution in [-0.4, -0.2) is 30.2 Å². The van der Waals surface area contributed by atoms with Gasteiger partial charge in [-0.1, -0.05) is 12.1 Å². The van der Waals surface area contributed by atoms with Gasteiger partial charge >= 0.3 is 0 Å². The van der Waals surface area contributed by atoms with Crippen molar-refractivity contribution in [1.29, 1.82) is 0 Å². The van der Waals surface area contributed by atoms with Crippen molar-refractivity contribution in [1.82, 2.24) is 15.8 Å². The molecule has 1 aromatic carbocycles. The molecular weight excluding hydrogens is 314 g/mol. The minimum absolute atomic E-state index is 0.275. The molecule has 0 aliphatic carbocycles. The van der Waals surface area contributed by atoms with Gasteiger partial charge < -0.3 is 4.90 Å². The summed E-state index contributed by atoms with van der Waals surface area (Å²) in [6.07, 6.45) is 8.46. The van der Waals surface area contributed by atoms with Gasteiger partial charge in [0.1, 0.15) is 0 Å². The van der Waals surface area contributed by atoms with Crippen molar-refractivity contribution in [3.05, 3.63) is 54.4 Å². The fraction of sp³-hybridized carbons (Fsp3) is 0.316. The number of aromatic nitrogens is 1.